The van der Waals surface area contributed by atoms with Crippen LogP contribution in [0, 0.1) is 5.92 Å². The standard InChI is InChI=1S/C19H27NO3/c1-23-18-4-2-3-15(13-18)19(22)20(17-9-10-17)16-7-5-14(6-8-16)11-12-21/h2-4,13-14,16-17,21H,5-12H2,1H3. The molecule has 1 aromatic rings. The largest absolute Gasteiger partial charge is 0.497 e. The molecule has 23 heavy (non-hydrogen) atoms. The van der Waals surface area contributed by atoms with Crippen molar-refractivity contribution in [1.82, 2.24) is 4.90 Å². The summed E-state index contributed by atoms with van der Waals surface area (Å²) in [6.45, 7) is 0.282. The number of hydrogen-bond donors (Lipinski definition) is 1. The van der Waals surface area contributed by atoms with E-state index in [1.54, 1.807) is 7.11 Å². The molecule has 2 aliphatic carbocycles. The van der Waals surface area contributed by atoms with Crippen LogP contribution in [-0.4, -0.2) is 41.7 Å². The van der Waals surface area contributed by atoms with E-state index in [1.807, 2.05) is 24.3 Å². The van der Waals surface area contributed by atoms with Gasteiger partial charge in [-0.15, -0.1) is 0 Å². The molecular formula is C19H27NO3. The summed E-state index contributed by atoms with van der Waals surface area (Å²) in [5.41, 5.74) is 0.730. The Morgan fingerprint density at radius 2 is 1.83 bits per heavy atom. The summed E-state index contributed by atoms with van der Waals surface area (Å²) in [6, 6.07) is 8.27. The first-order valence-electron chi connectivity index (χ1n) is 8.80. The first-order valence-corrected chi connectivity index (χ1v) is 8.80. The van der Waals surface area contributed by atoms with Crippen molar-refractivity contribution in [2.45, 2.75) is 57.0 Å². The van der Waals surface area contributed by atoms with Gasteiger partial charge >= 0.3 is 0 Å². The Labute approximate surface area is 138 Å². The van der Waals surface area contributed by atoms with Gasteiger partial charge in [0.15, 0.2) is 0 Å². The van der Waals surface area contributed by atoms with E-state index in [4.69, 9.17) is 9.84 Å². The maximum absolute atomic E-state index is 13.0. The van der Waals surface area contributed by atoms with Crippen molar-refractivity contribution in [2.75, 3.05) is 13.7 Å². The zero-order chi connectivity index (χ0) is 16.2. The zero-order valence-electron chi connectivity index (χ0n) is 13.9. The van der Waals surface area contributed by atoms with Gasteiger partial charge < -0.3 is 14.7 Å². The zero-order valence-corrected chi connectivity index (χ0v) is 13.9. The van der Waals surface area contributed by atoms with Crippen molar-refractivity contribution in [3.8, 4) is 5.75 Å². The highest BCUT2D eigenvalue weighted by molar-refractivity contribution is 5.95. The van der Waals surface area contributed by atoms with Crippen LogP contribution in [0.3, 0.4) is 0 Å². The molecule has 0 saturated heterocycles. The predicted octanol–water partition coefficient (Wildman–Crippen LogP) is 3.24. The summed E-state index contributed by atoms with van der Waals surface area (Å²) in [5.74, 6) is 1.51. The van der Waals surface area contributed by atoms with E-state index >= 15 is 0 Å². The van der Waals surface area contributed by atoms with Crippen molar-refractivity contribution < 1.29 is 14.6 Å². The van der Waals surface area contributed by atoms with Crippen LogP contribution in [0.25, 0.3) is 0 Å². The smallest absolute Gasteiger partial charge is 0.254 e. The molecule has 4 heteroatoms. The lowest BCUT2D eigenvalue weighted by Crippen LogP contribution is -2.44. The number of carbonyl (C=O) groups excluding carboxylic acids is 1. The molecule has 0 radical (unpaired) electrons. The van der Waals surface area contributed by atoms with E-state index in [0.717, 1.165) is 56.3 Å². The third kappa shape index (κ3) is 3.86. The molecule has 0 bridgehead atoms. The number of rotatable bonds is 6. The fourth-order valence-corrected chi connectivity index (χ4v) is 3.78. The third-order valence-electron chi connectivity index (χ3n) is 5.24. The number of amides is 1. The summed E-state index contributed by atoms with van der Waals surface area (Å²) >= 11 is 0. The molecule has 1 amide bonds. The monoisotopic (exact) mass is 317 g/mol. The number of ether oxygens (including phenoxy) is 1. The number of benzene rings is 1. The van der Waals surface area contributed by atoms with E-state index in [2.05, 4.69) is 4.90 Å². The Kier molecular flexibility index (Phi) is 5.21. The lowest BCUT2D eigenvalue weighted by atomic mass is 9.83. The maximum atomic E-state index is 13.0. The highest BCUT2D eigenvalue weighted by Crippen LogP contribution is 2.37. The average Bonchev–Trinajstić information content (AvgIpc) is 3.42. The van der Waals surface area contributed by atoms with Gasteiger partial charge in [0.1, 0.15) is 5.75 Å². The fourth-order valence-electron chi connectivity index (χ4n) is 3.78. The minimum absolute atomic E-state index is 0.150. The van der Waals surface area contributed by atoms with Crippen molar-refractivity contribution in [3.05, 3.63) is 29.8 Å². The van der Waals surface area contributed by atoms with Gasteiger partial charge in [0.2, 0.25) is 0 Å². The Hall–Kier alpha value is -1.55. The van der Waals surface area contributed by atoms with Crippen LogP contribution in [0.15, 0.2) is 24.3 Å². The average molecular weight is 317 g/mol. The number of aliphatic hydroxyl groups excluding tert-OH is 1. The van der Waals surface area contributed by atoms with Gasteiger partial charge in [-0.05, 0) is 69.1 Å². The van der Waals surface area contributed by atoms with Gasteiger partial charge in [-0.3, -0.25) is 4.79 Å². The highest BCUT2D eigenvalue weighted by Gasteiger charge is 2.39. The molecule has 0 spiro atoms. The van der Waals surface area contributed by atoms with Crippen molar-refractivity contribution in [2.24, 2.45) is 5.92 Å². The molecule has 1 aromatic carbocycles. The van der Waals surface area contributed by atoms with E-state index in [-0.39, 0.29) is 12.5 Å². The molecule has 0 aromatic heterocycles. The number of nitrogens with zero attached hydrogens (tertiary/aromatic N) is 1. The summed E-state index contributed by atoms with van der Waals surface area (Å²) in [5, 5.41) is 9.10. The van der Waals surface area contributed by atoms with Crippen molar-refractivity contribution in [3.63, 3.8) is 0 Å². The first kappa shape index (κ1) is 16.3. The van der Waals surface area contributed by atoms with Crippen LogP contribution in [0.2, 0.25) is 0 Å². The Morgan fingerprint density at radius 1 is 1.17 bits per heavy atom. The quantitative estimate of drug-likeness (QED) is 0.876. The number of carbonyl (C=O) groups is 1. The first-order chi connectivity index (χ1) is 11.2. The van der Waals surface area contributed by atoms with Crippen LogP contribution < -0.4 is 4.74 Å². The molecule has 0 heterocycles. The van der Waals surface area contributed by atoms with E-state index in [1.165, 1.54) is 0 Å². The molecule has 126 valence electrons. The number of methoxy groups -OCH3 is 1. The second-order valence-electron chi connectivity index (χ2n) is 6.86. The second-order valence-corrected chi connectivity index (χ2v) is 6.86. The summed E-state index contributed by atoms with van der Waals surface area (Å²) < 4.78 is 5.25. The predicted molar refractivity (Wildman–Crippen MR) is 89.6 cm³/mol. The van der Waals surface area contributed by atoms with Gasteiger partial charge in [-0.2, -0.15) is 0 Å². The van der Waals surface area contributed by atoms with Crippen LogP contribution in [0.5, 0.6) is 5.75 Å². The minimum atomic E-state index is 0.150. The molecule has 1 N–H and O–H groups in total. The summed E-state index contributed by atoms with van der Waals surface area (Å²) in [7, 11) is 1.63. The van der Waals surface area contributed by atoms with Crippen LogP contribution in [0.1, 0.15) is 55.3 Å². The summed E-state index contributed by atoms with van der Waals surface area (Å²) in [4.78, 5) is 15.2. The molecule has 0 aliphatic heterocycles. The van der Waals surface area contributed by atoms with Gasteiger partial charge in [0.05, 0.1) is 7.11 Å². The second kappa shape index (κ2) is 7.35. The molecule has 2 fully saturated rings. The molecular weight excluding hydrogens is 290 g/mol. The molecule has 3 rings (SSSR count). The molecule has 2 aliphatic rings. The van der Waals surface area contributed by atoms with Crippen molar-refractivity contribution in [1.29, 1.82) is 0 Å². The normalized spacial score (nSPS) is 24.3. The molecule has 0 atom stereocenters. The Bertz CT molecular complexity index is 533. The highest BCUT2D eigenvalue weighted by atomic mass is 16.5. The SMILES string of the molecule is COc1cccc(C(=O)N(C2CCC(CCO)CC2)C2CC2)c1. The molecule has 0 unspecified atom stereocenters. The van der Waals surface area contributed by atoms with Crippen LogP contribution in [0.4, 0.5) is 0 Å². The van der Waals surface area contributed by atoms with E-state index < -0.39 is 0 Å². The number of aliphatic hydroxyl groups is 1. The summed E-state index contributed by atoms with van der Waals surface area (Å²) in [6.07, 6.45) is 7.55. The fraction of sp³-hybridized carbons (Fsp3) is 0.632. The van der Waals surface area contributed by atoms with Crippen molar-refractivity contribution >= 4 is 5.91 Å². The lowest BCUT2D eigenvalue weighted by Gasteiger charge is -2.37. The molecule has 4 nitrogen and oxygen atoms in total. The van der Waals surface area contributed by atoms with E-state index in [9.17, 15) is 4.79 Å². The molecule has 2 saturated carbocycles. The topological polar surface area (TPSA) is 49.8 Å². The maximum Gasteiger partial charge on any atom is 0.254 e. The van der Waals surface area contributed by atoms with Gasteiger partial charge in [0.25, 0.3) is 5.91 Å². The van der Waals surface area contributed by atoms with Crippen LogP contribution in [-0.2, 0) is 0 Å². The van der Waals surface area contributed by atoms with Gasteiger partial charge in [0, 0.05) is 24.3 Å². The Balaban J connectivity index is 1.70. The van der Waals surface area contributed by atoms with Gasteiger partial charge in [-0.1, -0.05) is 6.07 Å². The Morgan fingerprint density at radius 3 is 2.39 bits per heavy atom. The number of hydrogen-bond acceptors (Lipinski definition) is 3. The van der Waals surface area contributed by atoms with Gasteiger partial charge in [-0.25, -0.2) is 0 Å². The van der Waals surface area contributed by atoms with Crippen LogP contribution >= 0.6 is 0 Å². The third-order valence-corrected chi connectivity index (χ3v) is 5.24. The minimum Gasteiger partial charge on any atom is -0.497 e. The van der Waals surface area contributed by atoms with E-state index in [0.29, 0.717) is 18.0 Å². The lowest BCUT2D eigenvalue weighted by molar-refractivity contribution is 0.0578.